The van der Waals surface area contributed by atoms with Gasteiger partial charge in [-0.25, -0.2) is 0 Å². The minimum atomic E-state index is -0.485. The smallest absolute Gasteiger partial charge is 0.266 e. The average Bonchev–Trinajstić information content (AvgIpc) is 2.73. The molecular formula is C24H22N2O3. The zero-order chi connectivity index (χ0) is 20.8. The van der Waals surface area contributed by atoms with Crippen molar-refractivity contribution < 1.29 is 14.3 Å². The molecule has 0 aliphatic heterocycles. The minimum Gasteiger partial charge on any atom is -0.497 e. The number of fused-ring (bicyclic) bond motifs is 1. The van der Waals surface area contributed by atoms with E-state index in [4.69, 9.17) is 9.47 Å². The van der Waals surface area contributed by atoms with E-state index in [1.54, 1.807) is 37.5 Å². The maximum absolute atomic E-state index is 12.7. The number of hydrogen-bond acceptors (Lipinski definition) is 4. The van der Waals surface area contributed by atoms with E-state index in [0.717, 1.165) is 10.8 Å². The molecule has 0 radical (unpaired) electrons. The van der Waals surface area contributed by atoms with Gasteiger partial charge >= 0.3 is 0 Å². The number of ether oxygens (including phenoxy) is 2. The number of hydrogen-bond donors (Lipinski definition) is 1. The van der Waals surface area contributed by atoms with Gasteiger partial charge in [0.1, 0.15) is 23.1 Å². The topological polar surface area (TPSA) is 71.3 Å². The van der Waals surface area contributed by atoms with Gasteiger partial charge in [-0.1, -0.05) is 30.3 Å². The molecule has 3 rings (SSSR count). The highest BCUT2D eigenvalue weighted by atomic mass is 16.5. The van der Waals surface area contributed by atoms with Crippen LogP contribution in [0.3, 0.4) is 0 Å². The molecule has 0 spiro atoms. The summed E-state index contributed by atoms with van der Waals surface area (Å²) < 4.78 is 11.0. The number of nitrogens with one attached hydrogen (secondary N) is 1. The second-order valence-corrected chi connectivity index (χ2v) is 6.72. The van der Waals surface area contributed by atoms with Gasteiger partial charge in [-0.3, -0.25) is 4.79 Å². The summed E-state index contributed by atoms with van der Waals surface area (Å²) in [5, 5.41) is 14.3. The number of amides is 1. The fourth-order valence-electron chi connectivity index (χ4n) is 2.95. The fraction of sp³-hybridized carbons (Fsp3) is 0.167. The van der Waals surface area contributed by atoms with E-state index in [1.165, 1.54) is 0 Å². The Labute approximate surface area is 170 Å². The Morgan fingerprint density at radius 3 is 2.45 bits per heavy atom. The molecule has 0 heterocycles. The van der Waals surface area contributed by atoms with Gasteiger partial charge in [-0.15, -0.1) is 0 Å². The van der Waals surface area contributed by atoms with Crippen molar-refractivity contribution in [3.8, 4) is 17.6 Å². The number of methoxy groups -OCH3 is 1. The highest BCUT2D eigenvalue weighted by Crippen LogP contribution is 2.31. The molecule has 0 bridgehead atoms. The molecule has 0 aliphatic rings. The van der Waals surface area contributed by atoms with E-state index in [2.05, 4.69) is 5.32 Å². The van der Waals surface area contributed by atoms with Crippen LogP contribution in [0, 0.1) is 11.3 Å². The van der Waals surface area contributed by atoms with Gasteiger partial charge in [0.05, 0.1) is 13.2 Å². The number of nitrogens with zero attached hydrogens (tertiary/aromatic N) is 1. The van der Waals surface area contributed by atoms with Crippen molar-refractivity contribution in [2.24, 2.45) is 0 Å². The molecule has 5 nitrogen and oxygen atoms in total. The first-order valence-electron chi connectivity index (χ1n) is 9.27. The quantitative estimate of drug-likeness (QED) is 0.468. The van der Waals surface area contributed by atoms with Gasteiger partial charge in [0.15, 0.2) is 0 Å². The SMILES string of the molecule is COc1ccc(NC(=O)/C(C#N)=C/c2c(OC(C)C)ccc3ccccc23)cc1. The zero-order valence-electron chi connectivity index (χ0n) is 16.6. The first-order chi connectivity index (χ1) is 14.0. The summed E-state index contributed by atoms with van der Waals surface area (Å²) in [6.07, 6.45) is 1.54. The van der Waals surface area contributed by atoms with Crippen LogP contribution in [-0.2, 0) is 4.79 Å². The number of rotatable bonds is 6. The van der Waals surface area contributed by atoms with Crippen molar-refractivity contribution in [2.75, 3.05) is 12.4 Å². The zero-order valence-corrected chi connectivity index (χ0v) is 16.6. The van der Waals surface area contributed by atoms with Crippen LogP contribution in [0.1, 0.15) is 19.4 Å². The highest BCUT2D eigenvalue weighted by Gasteiger charge is 2.14. The molecule has 3 aromatic carbocycles. The van der Waals surface area contributed by atoms with Gasteiger partial charge in [-0.2, -0.15) is 5.26 Å². The van der Waals surface area contributed by atoms with Crippen molar-refractivity contribution in [1.29, 1.82) is 5.26 Å². The van der Waals surface area contributed by atoms with E-state index in [1.807, 2.05) is 56.3 Å². The largest absolute Gasteiger partial charge is 0.497 e. The molecule has 0 aromatic heterocycles. The first kappa shape index (κ1) is 20.0. The Morgan fingerprint density at radius 1 is 1.07 bits per heavy atom. The van der Waals surface area contributed by atoms with Crippen LogP contribution in [0.15, 0.2) is 66.2 Å². The molecule has 1 amide bonds. The molecule has 0 saturated carbocycles. The number of anilines is 1. The number of carbonyl (C=O) groups excluding carboxylic acids is 1. The van der Waals surface area contributed by atoms with Crippen LogP contribution in [0.25, 0.3) is 16.8 Å². The second kappa shape index (κ2) is 8.94. The molecule has 146 valence electrons. The lowest BCUT2D eigenvalue weighted by Gasteiger charge is -2.15. The van der Waals surface area contributed by atoms with Crippen molar-refractivity contribution in [3.05, 3.63) is 71.8 Å². The van der Waals surface area contributed by atoms with Crippen LogP contribution in [0.4, 0.5) is 5.69 Å². The summed E-state index contributed by atoms with van der Waals surface area (Å²) >= 11 is 0. The van der Waals surface area contributed by atoms with E-state index >= 15 is 0 Å². The molecular weight excluding hydrogens is 364 g/mol. The lowest BCUT2D eigenvalue weighted by atomic mass is 10.0. The summed E-state index contributed by atoms with van der Waals surface area (Å²) in [6.45, 7) is 3.87. The number of benzene rings is 3. The molecule has 0 atom stereocenters. The van der Waals surface area contributed by atoms with Crippen molar-refractivity contribution in [1.82, 2.24) is 0 Å². The maximum Gasteiger partial charge on any atom is 0.266 e. The van der Waals surface area contributed by atoms with E-state index < -0.39 is 5.91 Å². The summed E-state index contributed by atoms with van der Waals surface area (Å²) in [5.41, 5.74) is 1.28. The van der Waals surface area contributed by atoms with Crippen molar-refractivity contribution in [2.45, 2.75) is 20.0 Å². The monoisotopic (exact) mass is 386 g/mol. The third-order valence-corrected chi connectivity index (χ3v) is 4.29. The van der Waals surface area contributed by atoms with Crippen molar-refractivity contribution in [3.63, 3.8) is 0 Å². The van der Waals surface area contributed by atoms with Crippen LogP contribution in [0.5, 0.6) is 11.5 Å². The predicted octanol–water partition coefficient (Wildman–Crippen LogP) is 5.18. The molecule has 29 heavy (non-hydrogen) atoms. The molecule has 5 heteroatoms. The number of carbonyl (C=O) groups is 1. The van der Waals surface area contributed by atoms with Gasteiger partial charge in [-0.05, 0) is 61.0 Å². The molecule has 0 aliphatic carbocycles. The van der Waals surface area contributed by atoms with Crippen LogP contribution < -0.4 is 14.8 Å². The second-order valence-electron chi connectivity index (χ2n) is 6.72. The minimum absolute atomic E-state index is 0.00854. The summed E-state index contributed by atoms with van der Waals surface area (Å²) in [7, 11) is 1.57. The molecule has 0 fully saturated rings. The predicted molar refractivity (Wildman–Crippen MR) is 115 cm³/mol. The van der Waals surface area contributed by atoms with E-state index in [9.17, 15) is 10.1 Å². The lowest BCUT2D eigenvalue weighted by molar-refractivity contribution is -0.112. The Hall–Kier alpha value is -3.78. The van der Waals surface area contributed by atoms with Crippen molar-refractivity contribution >= 4 is 28.4 Å². The van der Waals surface area contributed by atoms with E-state index in [0.29, 0.717) is 22.7 Å². The van der Waals surface area contributed by atoms with Gasteiger partial charge in [0, 0.05) is 11.3 Å². The third kappa shape index (κ3) is 4.74. The van der Waals surface area contributed by atoms with Gasteiger partial charge < -0.3 is 14.8 Å². The Morgan fingerprint density at radius 2 is 1.79 bits per heavy atom. The average molecular weight is 386 g/mol. The highest BCUT2D eigenvalue weighted by molar-refractivity contribution is 6.11. The van der Waals surface area contributed by atoms with E-state index in [-0.39, 0.29) is 11.7 Å². The number of nitriles is 1. The normalized spacial score (nSPS) is 11.2. The molecule has 0 saturated heterocycles. The summed E-state index contributed by atoms with van der Waals surface area (Å²) in [6, 6.07) is 20.6. The standard InChI is InChI=1S/C24H22N2O3/c1-16(2)29-23-13-8-17-6-4-5-7-21(17)22(23)14-18(15-25)24(27)26-19-9-11-20(28-3)12-10-19/h4-14,16H,1-3H3,(H,26,27)/b18-14+. The lowest BCUT2D eigenvalue weighted by Crippen LogP contribution is -2.13. The molecule has 1 N–H and O–H groups in total. The third-order valence-electron chi connectivity index (χ3n) is 4.29. The Kier molecular flexibility index (Phi) is 6.16. The first-order valence-corrected chi connectivity index (χ1v) is 9.27. The molecule has 3 aromatic rings. The maximum atomic E-state index is 12.7. The van der Waals surface area contributed by atoms with Crippen LogP contribution >= 0.6 is 0 Å². The van der Waals surface area contributed by atoms with Crippen LogP contribution in [-0.4, -0.2) is 19.1 Å². The summed E-state index contributed by atoms with van der Waals surface area (Å²) in [5.74, 6) is 0.829. The summed E-state index contributed by atoms with van der Waals surface area (Å²) in [4.78, 5) is 12.7. The van der Waals surface area contributed by atoms with Crippen LogP contribution in [0.2, 0.25) is 0 Å². The fourth-order valence-corrected chi connectivity index (χ4v) is 2.95. The Balaban J connectivity index is 2.00. The van der Waals surface area contributed by atoms with Gasteiger partial charge in [0.2, 0.25) is 0 Å². The van der Waals surface area contributed by atoms with Gasteiger partial charge in [0.25, 0.3) is 5.91 Å². The Bertz CT molecular complexity index is 1090. The molecule has 0 unspecified atom stereocenters.